The van der Waals surface area contributed by atoms with E-state index in [4.69, 9.17) is 4.74 Å². The van der Waals surface area contributed by atoms with Gasteiger partial charge in [-0.1, -0.05) is 6.08 Å². The topological polar surface area (TPSA) is 115 Å². The number of amides is 1. The van der Waals surface area contributed by atoms with E-state index in [9.17, 15) is 4.79 Å². The molecule has 1 aromatic carbocycles. The summed E-state index contributed by atoms with van der Waals surface area (Å²) in [6.45, 7) is 7.54. The summed E-state index contributed by atoms with van der Waals surface area (Å²) in [7, 11) is 4.09. The van der Waals surface area contributed by atoms with Crippen LogP contribution < -0.4 is 5.32 Å². The van der Waals surface area contributed by atoms with Crippen LogP contribution in [0.25, 0.3) is 27.5 Å². The molecule has 0 unspecified atom stereocenters. The maximum atomic E-state index is 12.4. The van der Waals surface area contributed by atoms with E-state index in [1.807, 2.05) is 41.1 Å². The van der Waals surface area contributed by atoms with E-state index >= 15 is 0 Å². The SMILES string of the molecule is CN(C)Cc1cc(Nc2ncnc3[nH]c(C4=CCN(C(=O)OC(C)(C)C)CC4)cc23)cc2cn[nH]c12. The van der Waals surface area contributed by atoms with Crippen molar-refractivity contribution in [3.05, 3.63) is 48.1 Å². The number of H-pyrrole nitrogens is 2. The van der Waals surface area contributed by atoms with E-state index in [0.29, 0.717) is 13.1 Å². The van der Waals surface area contributed by atoms with E-state index in [2.05, 4.69) is 59.6 Å². The molecule has 3 aromatic heterocycles. The van der Waals surface area contributed by atoms with Crippen LogP contribution in [0.15, 0.2) is 36.8 Å². The van der Waals surface area contributed by atoms with Gasteiger partial charge in [-0.25, -0.2) is 14.8 Å². The highest BCUT2D eigenvalue weighted by atomic mass is 16.6. The van der Waals surface area contributed by atoms with Crippen LogP contribution in [0.5, 0.6) is 0 Å². The van der Waals surface area contributed by atoms with Crippen molar-refractivity contribution in [1.82, 2.24) is 34.9 Å². The second-order valence-corrected chi connectivity index (χ2v) is 10.4. The first kappa shape index (κ1) is 23.8. The van der Waals surface area contributed by atoms with Gasteiger partial charge in [-0.3, -0.25) is 5.10 Å². The first-order valence-electron chi connectivity index (χ1n) is 12.0. The summed E-state index contributed by atoms with van der Waals surface area (Å²) in [5.41, 5.74) is 5.51. The Balaban J connectivity index is 1.39. The fraction of sp³-hybridized carbons (Fsp3) is 0.385. The number of benzene rings is 1. The third-order valence-corrected chi connectivity index (χ3v) is 6.01. The second-order valence-electron chi connectivity index (χ2n) is 10.4. The molecule has 4 heterocycles. The number of nitrogens with one attached hydrogen (secondary N) is 3. The van der Waals surface area contributed by atoms with Crippen LogP contribution in [-0.4, -0.2) is 73.8 Å². The third kappa shape index (κ3) is 5.03. The Kier molecular flexibility index (Phi) is 6.13. The molecular weight excluding hydrogens is 456 g/mol. The lowest BCUT2D eigenvalue weighted by atomic mass is 10.1. The van der Waals surface area contributed by atoms with Gasteiger partial charge in [-0.15, -0.1) is 0 Å². The number of carbonyl (C=O) groups is 1. The number of hydrogen-bond acceptors (Lipinski definition) is 7. The molecule has 0 radical (unpaired) electrons. The zero-order chi connectivity index (χ0) is 25.4. The van der Waals surface area contributed by atoms with Crippen LogP contribution >= 0.6 is 0 Å². The number of anilines is 2. The predicted octanol–water partition coefficient (Wildman–Crippen LogP) is 4.66. The normalized spacial score (nSPS) is 14.5. The van der Waals surface area contributed by atoms with Gasteiger partial charge in [-0.05, 0) is 70.6 Å². The minimum absolute atomic E-state index is 0.282. The van der Waals surface area contributed by atoms with Gasteiger partial charge < -0.3 is 24.8 Å². The summed E-state index contributed by atoms with van der Waals surface area (Å²) >= 11 is 0. The number of carbonyl (C=O) groups excluding carboxylic acids is 1. The number of aromatic nitrogens is 5. The molecular formula is C26H32N8O2. The molecule has 0 spiro atoms. The van der Waals surface area contributed by atoms with Crippen molar-refractivity contribution >= 4 is 45.1 Å². The maximum absolute atomic E-state index is 12.4. The van der Waals surface area contributed by atoms with Gasteiger partial charge in [0.05, 0.1) is 17.1 Å². The Morgan fingerprint density at radius 1 is 1.22 bits per heavy atom. The van der Waals surface area contributed by atoms with Crippen LogP contribution in [-0.2, 0) is 11.3 Å². The van der Waals surface area contributed by atoms with E-state index in [0.717, 1.165) is 63.2 Å². The maximum Gasteiger partial charge on any atom is 0.410 e. The lowest BCUT2D eigenvalue weighted by Gasteiger charge is -2.29. The molecule has 0 saturated heterocycles. The van der Waals surface area contributed by atoms with Crippen molar-refractivity contribution in [2.24, 2.45) is 0 Å². The highest BCUT2D eigenvalue weighted by molar-refractivity contribution is 5.93. The smallest absolute Gasteiger partial charge is 0.410 e. The Morgan fingerprint density at radius 2 is 2.06 bits per heavy atom. The Hall–Kier alpha value is -3.92. The van der Waals surface area contributed by atoms with Crippen LogP contribution in [0.3, 0.4) is 0 Å². The average molecular weight is 489 g/mol. The van der Waals surface area contributed by atoms with Gasteiger partial charge in [-0.2, -0.15) is 5.10 Å². The summed E-state index contributed by atoms with van der Waals surface area (Å²) in [5, 5.41) is 12.7. The number of aromatic amines is 2. The van der Waals surface area contributed by atoms with Crippen LogP contribution in [0, 0.1) is 0 Å². The van der Waals surface area contributed by atoms with Crippen LogP contribution in [0.1, 0.15) is 38.4 Å². The van der Waals surface area contributed by atoms with Gasteiger partial charge >= 0.3 is 6.09 Å². The number of ether oxygens (including phenoxy) is 1. The van der Waals surface area contributed by atoms with Gasteiger partial charge in [0.1, 0.15) is 23.4 Å². The van der Waals surface area contributed by atoms with E-state index in [1.165, 1.54) is 0 Å². The van der Waals surface area contributed by atoms with Crippen LogP contribution in [0.2, 0.25) is 0 Å². The van der Waals surface area contributed by atoms with Gasteiger partial charge in [0.15, 0.2) is 0 Å². The van der Waals surface area contributed by atoms with Crippen molar-refractivity contribution in [1.29, 1.82) is 0 Å². The molecule has 0 atom stereocenters. The molecule has 10 heteroatoms. The van der Waals surface area contributed by atoms with Crippen LogP contribution in [0.4, 0.5) is 16.3 Å². The fourth-order valence-corrected chi connectivity index (χ4v) is 4.42. The Bertz CT molecular complexity index is 1440. The molecule has 1 aliphatic rings. The van der Waals surface area contributed by atoms with Gasteiger partial charge in [0.25, 0.3) is 0 Å². The first-order valence-corrected chi connectivity index (χ1v) is 12.0. The third-order valence-electron chi connectivity index (χ3n) is 6.01. The second kappa shape index (κ2) is 9.27. The minimum Gasteiger partial charge on any atom is -0.444 e. The van der Waals surface area contributed by atoms with E-state index in [1.54, 1.807) is 11.2 Å². The Morgan fingerprint density at radius 3 is 2.78 bits per heavy atom. The summed E-state index contributed by atoms with van der Waals surface area (Å²) in [4.78, 5) is 28.6. The Labute approximate surface area is 209 Å². The molecule has 0 saturated carbocycles. The number of fused-ring (bicyclic) bond motifs is 2. The van der Waals surface area contributed by atoms with Crippen molar-refractivity contribution in [3.8, 4) is 0 Å². The predicted molar refractivity (Wildman–Crippen MR) is 141 cm³/mol. The molecule has 3 N–H and O–H groups in total. The summed E-state index contributed by atoms with van der Waals surface area (Å²) < 4.78 is 5.50. The highest BCUT2D eigenvalue weighted by Crippen LogP contribution is 2.31. The largest absolute Gasteiger partial charge is 0.444 e. The molecule has 1 aliphatic heterocycles. The zero-order valence-electron chi connectivity index (χ0n) is 21.3. The zero-order valence-corrected chi connectivity index (χ0v) is 21.3. The monoisotopic (exact) mass is 488 g/mol. The first-order chi connectivity index (χ1) is 17.2. The standard InChI is InChI=1S/C26H32N8O2/c1-26(2,3)36-25(35)34-8-6-16(7-9-34)21-12-20-23(27-15-28-24(20)31-21)30-19-10-17-13-29-32-22(17)18(11-19)14-33(4)5/h6,10-13,15H,7-9,14H2,1-5H3,(H,29,32)(H2,27,28,30,31). The molecule has 4 aromatic rings. The van der Waals surface area contributed by atoms with Crippen molar-refractivity contribution in [3.63, 3.8) is 0 Å². The molecule has 5 rings (SSSR count). The van der Waals surface area contributed by atoms with Gasteiger partial charge in [0.2, 0.25) is 0 Å². The lowest BCUT2D eigenvalue weighted by molar-refractivity contribution is 0.0270. The molecule has 1 amide bonds. The van der Waals surface area contributed by atoms with E-state index < -0.39 is 5.60 Å². The summed E-state index contributed by atoms with van der Waals surface area (Å²) in [6.07, 6.45) is 5.91. The fourth-order valence-electron chi connectivity index (χ4n) is 4.42. The molecule has 188 valence electrons. The molecule has 0 bridgehead atoms. The molecule has 36 heavy (non-hydrogen) atoms. The molecule has 10 nitrogen and oxygen atoms in total. The number of nitrogens with zero attached hydrogens (tertiary/aromatic N) is 5. The van der Waals surface area contributed by atoms with Crippen molar-refractivity contribution < 1.29 is 9.53 Å². The summed E-state index contributed by atoms with van der Waals surface area (Å²) in [5.74, 6) is 0.730. The molecule has 0 fully saturated rings. The highest BCUT2D eigenvalue weighted by Gasteiger charge is 2.24. The summed E-state index contributed by atoms with van der Waals surface area (Å²) in [6, 6.07) is 6.26. The average Bonchev–Trinajstić information content (AvgIpc) is 3.45. The van der Waals surface area contributed by atoms with Crippen molar-refractivity contribution in [2.45, 2.75) is 39.3 Å². The minimum atomic E-state index is -0.504. The lowest BCUT2D eigenvalue weighted by Crippen LogP contribution is -2.39. The quantitative estimate of drug-likeness (QED) is 0.374. The van der Waals surface area contributed by atoms with E-state index in [-0.39, 0.29) is 6.09 Å². The number of rotatable bonds is 5. The number of hydrogen-bond donors (Lipinski definition) is 3. The van der Waals surface area contributed by atoms with Gasteiger partial charge in [0, 0.05) is 36.4 Å². The van der Waals surface area contributed by atoms with Crippen molar-refractivity contribution in [2.75, 3.05) is 32.5 Å². The molecule has 0 aliphatic carbocycles.